The van der Waals surface area contributed by atoms with Crippen molar-refractivity contribution in [1.82, 2.24) is 0 Å². The van der Waals surface area contributed by atoms with Gasteiger partial charge in [0.1, 0.15) is 110 Å². The van der Waals surface area contributed by atoms with Crippen LogP contribution in [0.5, 0.6) is 0 Å². The van der Waals surface area contributed by atoms with Gasteiger partial charge in [0.2, 0.25) is 6.29 Å². The average molecular weight is 1360 g/mol. The summed E-state index contributed by atoms with van der Waals surface area (Å²) in [5, 5.41) is 200. The van der Waals surface area contributed by atoms with E-state index in [0.717, 1.165) is 5.57 Å². The summed E-state index contributed by atoms with van der Waals surface area (Å²) < 4.78 is 70.8. The summed E-state index contributed by atoms with van der Waals surface area (Å²) in [5.74, 6) is -2.13. The minimum atomic E-state index is -1.98. The molecule has 11 aliphatic rings. The molecule has 0 aromatic carbocycles. The van der Waals surface area contributed by atoms with E-state index in [9.17, 15) is 91.9 Å². The second-order valence-electron chi connectivity index (χ2n) is 30.7. The van der Waals surface area contributed by atoms with E-state index in [1.54, 1.807) is 6.92 Å². The molecule has 31 heteroatoms. The molecule has 0 aromatic heterocycles. The summed E-state index contributed by atoms with van der Waals surface area (Å²) in [6, 6.07) is 0. The van der Waals surface area contributed by atoms with Crippen molar-refractivity contribution in [2.75, 3.05) is 33.0 Å². The Labute approximate surface area is 543 Å². The first-order valence-electron chi connectivity index (χ1n) is 33.1. The van der Waals surface area contributed by atoms with Gasteiger partial charge in [-0.05, 0) is 98.7 Å². The smallest absolute Gasteiger partial charge is 0.315 e. The van der Waals surface area contributed by atoms with Crippen LogP contribution in [0.4, 0.5) is 0 Å². The number of allylic oxidation sites excluding steroid dienone is 2. The topological polar surface area (TPSA) is 492 Å². The lowest BCUT2D eigenvalue weighted by molar-refractivity contribution is -0.377. The van der Waals surface area contributed by atoms with Crippen molar-refractivity contribution in [3.8, 4) is 0 Å². The number of fused-ring (bicyclic) bond motifs is 7. The van der Waals surface area contributed by atoms with Crippen molar-refractivity contribution in [2.45, 2.75) is 291 Å². The fraction of sp³-hybridized carbons (Fsp3) is 0.952. The molecule has 540 valence electrons. The number of carbonyl (C=O) groups is 1. The summed E-state index contributed by atoms with van der Waals surface area (Å²) >= 11 is 0. The zero-order chi connectivity index (χ0) is 68.6. The molecule has 5 aliphatic carbocycles. The first kappa shape index (κ1) is 73.3. The molecule has 6 heterocycles. The van der Waals surface area contributed by atoms with Gasteiger partial charge in [-0.15, -0.1) is 0 Å². The highest BCUT2D eigenvalue weighted by molar-refractivity contribution is 5.79. The summed E-state index contributed by atoms with van der Waals surface area (Å²) in [4.78, 5) is 15.5. The number of esters is 1. The minimum absolute atomic E-state index is 0.0329. The highest BCUT2D eigenvalue weighted by Crippen LogP contribution is 2.76. The van der Waals surface area contributed by atoms with Gasteiger partial charge in [-0.2, -0.15) is 0 Å². The third-order valence-corrected chi connectivity index (χ3v) is 24.4. The van der Waals surface area contributed by atoms with Gasteiger partial charge in [0.15, 0.2) is 37.6 Å². The van der Waals surface area contributed by atoms with E-state index in [1.165, 1.54) is 13.8 Å². The van der Waals surface area contributed by atoms with E-state index in [4.69, 9.17) is 56.8 Å². The van der Waals surface area contributed by atoms with Crippen molar-refractivity contribution in [3.63, 3.8) is 0 Å². The summed E-state index contributed by atoms with van der Waals surface area (Å²) in [6.45, 7) is 12.2. The quantitative estimate of drug-likeness (QED) is 0.0438. The van der Waals surface area contributed by atoms with Gasteiger partial charge in [0.25, 0.3) is 0 Å². The molecule has 0 aromatic rings. The van der Waals surface area contributed by atoms with E-state index in [1.807, 2.05) is 6.92 Å². The summed E-state index contributed by atoms with van der Waals surface area (Å²) in [6.07, 6.45) is -43.1. The van der Waals surface area contributed by atoms with Crippen molar-refractivity contribution in [1.29, 1.82) is 0 Å². The SMILES string of the molecule is CC1OC(OC2C(O)COC(OC3C(C)OC(OC4C(OC(=O)[C@]56CCC(C)(C)C[C@H]5C5=CCC7[C@@]8(C)C[C@@H](O)[C@H](OC9OC(CO)C(O)C(OC%10OCC(O)C(O)C%10O)C9O)[C@@](C)(CO)C8[C@H](O)C[C@@]7(C)[C@]5(C)CC6)OCC(O)C4O)C(O)C3O)C2O)C(O)C(O)C1O. The normalized spacial score (nSPS) is 56.1. The van der Waals surface area contributed by atoms with Gasteiger partial charge >= 0.3 is 5.97 Å². The molecule has 10 fully saturated rings. The van der Waals surface area contributed by atoms with E-state index < -0.39 is 262 Å². The van der Waals surface area contributed by atoms with E-state index >= 15 is 4.79 Å². The Bertz CT molecular complexity index is 2660. The Hall–Kier alpha value is -1.95. The maximum Gasteiger partial charge on any atom is 0.315 e. The highest BCUT2D eigenvalue weighted by Gasteiger charge is 2.74. The van der Waals surface area contributed by atoms with Gasteiger partial charge < -0.3 is 149 Å². The van der Waals surface area contributed by atoms with Crippen LogP contribution in [0.15, 0.2) is 11.6 Å². The molecule has 29 unspecified atom stereocenters. The molecule has 94 heavy (non-hydrogen) atoms. The van der Waals surface area contributed by atoms with Crippen molar-refractivity contribution < 1.29 is 154 Å². The van der Waals surface area contributed by atoms with Crippen LogP contribution in [0.2, 0.25) is 0 Å². The molecular weight excluding hydrogens is 1250 g/mol. The Morgan fingerprint density at radius 3 is 1.69 bits per heavy atom. The third kappa shape index (κ3) is 12.3. The summed E-state index contributed by atoms with van der Waals surface area (Å²) in [5.41, 5.74) is -4.25. The molecule has 6 saturated heterocycles. The van der Waals surface area contributed by atoms with Crippen LogP contribution >= 0.6 is 0 Å². The second kappa shape index (κ2) is 27.1. The Kier molecular flexibility index (Phi) is 21.1. The van der Waals surface area contributed by atoms with Gasteiger partial charge in [-0.1, -0.05) is 53.2 Å². The molecule has 6 aliphatic heterocycles. The number of rotatable bonds is 14. The van der Waals surface area contributed by atoms with E-state index in [0.29, 0.717) is 38.5 Å². The van der Waals surface area contributed by atoms with Crippen molar-refractivity contribution >= 4 is 5.97 Å². The molecule has 31 nitrogen and oxygen atoms in total. The Balaban J connectivity index is 0.793. The largest absolute Gasteiger partial charge is 0.432 e. The maximum absolute atomic E-state index is 15.5. The predicted octanol–water partition coefficient (Wildman–Crippen LogP) is -5.50. The highest BCUT2D eigenvalue weighted by atomic mass is 16.8. The zero-order valence-corrected chi connectivity index (χ0v) is 54.2. The Morgan fingerprint density at radius 1 is 0.489 bits per heavy atom. The number of hydrogen-bond donors (Lipinski definition) is 18. The van der Waals surface area contributed by atoms with Gasteiger partial charge in [-0.25, -0.2) is 0 Å². The number of aliphatic hydroxyl groups excluding tert-OH is 18. The third-order valence-electron chi connectivity index (χ3n) is 24.4. The van der Waals surface area contributed by atoms with Gasteiger partial charge in [0, 0.05) is 11.3 Å². The van der Waals surface area contributed by atoms with Crippen molar-refractivity contribution in [2.24, 2.45) is 50.2 Å². The lowest BCUT2D eigenvalue weighted by atomic mass is 9.33. The first-order valence-corrected chi connectivity index (χ1v) is 33.1. The monoisotopic (exact) mass is 1350 g/mol. The summed E-state index contributed by atoms with van der Waals surface area (Å²) in [7, 11) is 0. The molecule has 11 rings (SSSR count). The van der Waals surface area contributed by atoms with Crippen molar-refractivity contribution in [3.05, 3.63) is 11.6 Å². The minimum Gasteiger partial charge on any atom is -0.432 e. The number of aliphatic hydroxyl groups is 18. The lowest BCUT2D eigenvalue weighted by Crippen LogP contribution is -2.72. The maximum atomic E-state index is 15.5. The molecule has 0 amide bonds. The molecular formula is C63H102O31. The molecule has 0 radical (unpaired) electrons. The first-order chi connectivity index (χ1) is 44.0. The second-order valence-corrected chi connectivity index (χ2v) is 30.7. The molecule has 38 atom stereocenters. The number of ether oxygens (including phenoxy) is 12. The average Bonchev–Trinajstić information content (AvgIpc) is 0.669. The van der Waals surface area contributed by atoms with Crippen LogP contribution in [-0.2, 0) is 61.6 Å². The van der Waals surface area contributed by atoms with E-state index in [-0.39, 0.29) is 24.2 Å². The molecule has 0 bridgehead atoms. The molecule has 18 N–H and O–H groups in total. The van der Waals surface area contributed by atoms with Crippen LogP contribution in [0, 0.1) is 50.2 Å². The van der Waals surface area contributed by atoms with Crippen LogP contribution in [0.1, 0.15) is 107 Å². The van der Waals surface area contributed by atoms with Gasteiger partial charge in [0.05, 0.1) is 69.0 Å². The molecule has 0 spiro atoms. The fourth-order valence-corrected chi connectivity index (χ4v) is 18.9. The number of hydrogen-bond acceptors (Lipinski definition) is 31. The van der Waals surface area contributed by atoms with E-state index in [2.05, 4.69) is 33.8 Å². The Morgan fingerprint density at radius 2 is 1.03 bits per heavy atom. The zero-order valence-electron chi connectivity index (χ0n) is 54.2. The van der Waals surface area contributed by atoms with Crippen LogP contribution in [0.3, 0.4) is 0 Å². The van der Waals surface area contributed by atoms with Crippen LogP contribution < -0.4 is 0 Å². The number of carbonyl (C=O) groups excluding carboxylic acids is 1. The molecule has 4 saturated carbocycles. The fourth-order valence-electron chi connectivity index (χ4n) is 18.9. The van der Waals surface area contributed by atoms with Crippen LogP contribution in [-0.4, -0.2) is 315 Å². The lowest BCUT2D eigenvalue weighted by Gasteiger charge is -2.72. The standard InChI is InChI=1S/C63H102O31/c1-23-34(71)38(75)41(78)53(86-23)90-46-31(70)21-84-52(43(46)80)89-45-24(2)87-54(42(79)39(45)76)92-48-36(73)30(69)20-85-56(48)94-57(82)63-13-11-58(3,4)15-26(63)25-9-10-33-59(5)16-28(67)50(60(6,22-65)49(59)27(66)17-62(33,8)61(25,7)12-14-63)93-55-44(81)47(37(74)32(18-64)88-55)91-51-40(77)35(72)29(68)19-83-51/h9,23-24,26-56,64-81H,10-22H2,1-8H3/t23?,24?,26-,27+,28+,29?,30?,31?,32?,33?,34?,35?,36?,37?,38?,39?,40?,41?,42?,43?,44?,45?,46?,47?,48?,49?,50-,51?,52?,53?,54?,55?,56?,59+,60-,61+,62+,63-/m0/s1. The van der Waals surface area contributed by atoms with Gasteiger partial charge in [-0.3, -0.25) is 4.79 Å². The predicted molar refractivity (Wildman–Crippen MR) is 311 cm³/mol. The van der Waals surface area contributed by atoms with Crippen LogP contribution in [0.25, 0.3) is 0 Å².